The maximum absolute atomic E-state index is 9.52. The van der Waals surface area contributed by atoms with Crippen molar-refractivity contribution in [2.45, 2.75) is 77.6 Å². The first-order valence-electron chi connectivity index (χ1n) is 12.7. The van der Waals surface area contributed by atoms with Gasteiger partial charge in [0.1, 0.15) is 6.29 Å². The van der Waals surface area contributed by atoms with E-state index in [0.717, 1.165) is 18.6 Å². The van der Waals surface area contributed by atoms with Gasteiger partial charge in [-0.05, 0) is 91.2 Å². The van der Waals surface area contributed by atoms with Crippen molar-refractivity contribution >= 4 is 17.1 Å². The molecular formula is C30H44O3. The summed E-state index contributed by atoms with van der Waals surface area (Å²) in [6, 6.07) is 14.2. The van der Waals surface area contributed by atoms with E-state index in [-0.39, 0.29) is 6.61 Å². The predicted octanol–water partition coefficient (Wildman–Crippen LogP) is 7.25. The third kappa shape index (κ3) is 9.43. The molecule has 1 aliphatic carbocycles. The second-order valence-electron chi connectivity index (χ2n) is 9.82. The van der Waals surface area contributed by atoms with Crippen LogP contribution in [0.15, 0.2) is 48.6 Å². The number of fused-ring (bicyclic) bond motifs is 1. The molecule has 3 nitrogen and oxygen atoms in total. The van der Waals surface area contributed by atoms with Crippen molar-refractivity contribution in [3.05, 3.63) is 59.7 Å². The normalized spacial score (nSPS) is 18.9. The molecule has 1 fully saturated rings. The van der Waals surface area contributed by atoms with Crippen LogP contribution in [0.1, 0.15) is 82.3 Å². The SMILES string of the molecule is C=C(C)C=O.CCCCCc1ccc2cc(C3CCC(CC(CO)COC)CC3)ccc2c1. The number of methoxy groups -OCH3 is 1. The second-order valence-corrected chi connectivity index (χ2v) is 9.82. The molecular weight excluding hydrogens is 408 g/mol. The number of carbonyl (C=O) groups is 1. The molecule has 0 aromatic heterocycles. The molecule has 182 valence electrons. The average Bonchev–Trinajstić information content (AvgIpc) is 2.84. The van der Waals surface area contributed by atoms with E-state index in [1.807, 2.05) is 0 Å². The third-order valence-electron chi connectivity index (χ3n) is 6.84. The average molecular weight is 453 g/mol. The molecule has 0 saturated heterocycles. The van der Waals surface area contributed by atoms with Gasteiger partial charge in [0.2, 0.25) is 0 Å². The van der Waals surface area contributed by atoms with Crippen LogP contribution in [0.5, 0.6) is 0 Å². The largest absolute Gasteiger partial charge is 0.396 e. The number of benzene rings is 2. The Morgan fingerprint density at radius 1 is 1.12 bits per heavy atom. The van der Waals surface area contributed by atoms with Crippen LogP contribution in [0.2, 0.25) is 0 Å². The highest BCUT2D eigenvalue weighted by Gasteiger charge is 2.24. The van der Waals surface area contributed by atoms with Gasteiger partial charge in [-0.1, -0.05) is 62.7 Å². The van der Waals surface area contributed by atoms with Crippen molar-refractivity contribution in [2.75, 3.05) is 20.3 Å². The molecule has 0 amide bonds. The Balaban J connectivity index is 0.000000696. The number of unbranched alkanes of at least 4 members (excludes halogenated alkanes) is 2. The van der Waals surface area contributed by atoms with Crippen LogP contribution in [0, 0.1) is 11.8 Å². The van der Waals surface area contributed by atoms with E-state index in [1.54, 1.807) is 14.0 Å². The molecule has 3 rings (SSSR count). The summed E-state index contributed by atoms with van der Waals surface area (Å²) in [7, 11) is 1.73. The van der Waals surface area contributed by atoms with Crippen molar-refractivity contribution in [1.29, 1.82) is 0 Å². The lowest BCUT2D eigenvalue weighted by Gasteiger charge is -2.30. The number of aryl methyl sites for hydroxylation is 1. The number of allylic oxidation sites excluding steroid dienone is 1. The van der Waals surface area contributed by atoms with Gasteiger partial charge in [-0.15, -0.1) is 0 Å². The minimum Gasteiger partial charge on any atom is -0.396 e. The summed E-state index contributed by atoms with van der Waals surface area (Å²) < 4.78 is 5.24. The van der Waals surface area contributed by atoms with Crippen molar-refractivity contribution in [3.63, 3.8) is 0 Å². The van der Waals surface area contributed by atoms with Crippen molar-refractivity contribution in [2.24, 2.45) is 11.8 Å². The number of aldehydes is 1. The Bertz CT molecular complexity index is 849. The minimum absolute atomic E-state index is 0.249. The Hall–Kier alpha value is -1.97. The zero-order chi connectivity index (χ0) is 24.1. The topological polar surface area (TPSA) is 46.5 Å². The van der Waals surface area contributed by atoms with Crippen LogP contribution in [-0.4, -0.2) is 31.7 Å². The van der Waals surface area contributed by atoms with E-state index in [0.29, 0.717) is 24.0 Å². The number of rotatable bonds is 11. The summed E-state index contributed by atoms with van der Waals surface area (Å²) in [6.45, 7) is 8.16. The summed E-state index contributed by atoms with van der Waals surface area (Å²) in [6.07, 6.45) is 12.0. The molecule has 0 aliphatic heterocycles. The Morgan fingerprint density at radius 3 is 2.39 bits per heavy atom. The second kappa shape index (κ2) is 15.0. The quantitative estimate of drug-likeness (QED) is 0.222. The number of hydrogen-bond acceptors (Lipinski definition) is 3. The highest BCUT2D eigenvalue weighted by molar-refractivity contribution is 5.84. The van der Waals surface area contributed by atoms with Gasteiger partial charge in [0.05, 0.1) is 6.61 Å². The van der Waals surface area contributed by atoms with Crippen LogP contribution in [-0.2, 0) is 16.0 Å². The number of aliphatic hydroxyl groups is 1. The molecule has 1 saturated carbocycles. The molecule has 1 atom stereocenters. The fraction of sp³-hybridized carbons (Fsp3) is 0.567. The lowest BCUT2D eigenvalue weighted by atomic mass is 9.75. The molecule has 0 radical (unpaired) electrons. The molecule has 3 heteroatoms. The van der Waals surface area contributed by atoms with Crippen LogP contribution in [0.3, 0.4) is 0 Å². The van der Waals surface area contributed by atoms with E-state index in [4.69, 9.17) is 4.74 Å². The Labute approximate surface area is 201 Å². The Kier molecular flexibility index (Phi) is 12.4. The maximum Gasteiger partial charge on any atom is 0.145 e. The van der Waals surface area contributed by atoms with Gasteiger partial charge >= 0.3 is 0 Å². The summed E-state index contributed by atoms with van der Waals surface area (Å²) in [5.41, 5.74) is 3.56. The highest BCUT2D eigenvalue weighted by atomic mass is 16.5. The number of carbonyl (C=O) groups excluding carboxylic acids is 1. The number of aliphatic hydroxyl groups excluding tert-OH is 1. The smallest absolute Gasteiger partial charge is 0.145 e. The van der Waals surface area contributed by atoms with E-state index in [9.17, 15) is 9.90 Å². The van der Waals surface area contributed by atoms with E-state index in [1.165, 1.54) is 73.3 Å². The van der Waals surface area contributed by atoms with E-state index >= 15 is 0 Å². The number of ether oxygens (including phenoxy) is 1. The van der Waals surface area contributed by atoms with Gasteiger partial charge in [-0.25, -0.2) is 0 Å². The maximum atomic E-state index is 9.52. The molecule has 2 aromatic carbocycles. The van der Waals surface area contributed by atoms with Gasteiger partial charge < -0.3 is 9.84 Å². The molecule has 0 bridgehead atoms. The zero-order valence-electron chi connectivity index (χ0n) is 21.0. The number of hydrogen-bond donors (Lipinski definition) is 1. The van der Waals surface area contributed by atoms with Crippen molar-refractivity contribution in [3.8, 4) is 0 Å². The zero-order valence-corrected chi connectivity index (χ0v) is 21.0. The summed E-state index contributed by atoms with van der Waals surface area (Å²) in [5.74, 6) is 1.74. The van der Waals surface area contributed by atoms with Gasteiger partial charge in [0.25, 0.3) is 0 Å². The summed E-state index contributed by atoms with van der Waals surface area (Å²) >= 11 is 0. The predicted molar refractivity (Wildman–Crippen MR) is 140 cm³/mol. The van der Waals surface area contributed by atoms with Crippen molar-refractivity contribution < 1.29 is 14.6 Å². The molecule has 2 aromatic rings. The first-order valence-corrected chi connectivity index (χ1v) is 12.7. The highest BCUT2D eigenvalue weighted by Crippen LogP contribution is 2.39. The van der Waals surface area contributed by atoms with Crippen LogP contribution >= 0.6 is 0 Å². The summed E-state index contributed by atoms with van der Waals surface area (Å²) in [4.78, 5) is 9.41. The first-order chi connectivity index (χ1) is 16.0. The Morgan fingerprint density at radius 2 is 1.79 bits per heavy atom. The monoisotopic (exact) mass is 452 g/mol. The van der Waals surface area contributed by atoms with Crippen LogP contribution < -0.4 is 0 Å². The molecule has 33 heavy (non-hydrogen) atoms. The summed E-state index contributed by atoms with van der Waals surface area (Å²) in [5, 5.41) is 12.3. The van der Waals surface area contributed by atoms with E-state index in [2.05, 4.69) is 49.9 Å². The first kappa shape index (κ1) is 27.3. The fourth-order valence-corrected chi connectivity index (χ4v) is 4.94. The molecule has 0 spiro atoms. The molecule has 1 N–H and O–H groups in total. The fourth-order valence-electron chi connectivity index (χ4n) is 4.94. The van der Waals surface area contributed by atoms with Gasteiger partial charge in [-0.2, -0.15) is 0 Å². The molecule has 1 aliphatic rings. The lowest BCUT2D eigenvalue weighted by molar-refractivity contribution is -0.104. The van der Waals surface area contributed by atoms with Crippen LogP contribution in [0.25, 0.3) is 10.8 Å². The lowest BCUT2D eigenvalue weighted by Crippen LogP contribution is -2.21. The van der Waals surface area contributed by atoms with Gasteiger partial charge in [-0.3, -0.25) is 4.79 Å². The standard InChI is InChI=1S/C26H38O2.C4H6O/c1-3-4-5-6-20-9-12-26-17-25(14-13-24(26)16-20)23-10-7-21(8-11-23)15-22(18-27)19-28-2;1-4(2)3-5/h9,12-14,16-17,21-23,27H,3-8,10-11,15,18-19H2,1-2H3;3H,1H2,2H3. The van der Waals surface area contributed by atoms with Gasteiger partial charge in [0, 0.05) is 19.6 Å². The van der Waals surface area contributed by atoms with Crippen LogP contribution in [0.4, 0.5) is 0 Å². The van der Waals surface area contributed by atoms with Gasteiger partial charge in [0.15, 0.2) is 0 Å². The van der Waals surface area contributed by atoms with E-state index < -0.39 is 0 Å². The third-order valence-corrected chi connectivity index (χ3v) is 6.84. The minimum atomic E-state index is 0.249. The molecule has 1 unspecified atom stereocenters. The van der Waals surface area contributed by atoms with Crippen molar-refractivity contribution in [1.82, 2.24) is 0 Å². The molecule has 0 heterocycles.